The van der Waals surface area contributed by atoms with Gasteiger partial charge < -0.3 is 9.47 Å². The lowest BCUT2D eigenvalue weighted by Crippen LogP contribution is -2.50. The van der Waals surface area contributed by atoms with Crippen LogP contribution in [0.4, 0.5) is 0 Å². The molecule has 0 radical (unpaired) electrons. The van der Waals surface area contributed by atoms with Gasteiger partial charge in [-0.2, -0.15) is 0 Å². The molecule has 0 heterocycles. The van der Waals surface area contributed by atoms with Gasteiger partial charge in [0.1, 0.15) is 0 Å². The fourth-order valence-electron chi connectivity index (χ4n) is 3.23. The summed E-state index contributed by atoms with van der Waals surface area (Å²) in [6, 6.07) is 8.46. The van der Waals surface area contributed by atoms with Crippen LogP contribution in [0.2, 0.25) is 0 Å². The van der Waals surface area contributed by atoms with Gasteiger partial charge in [-0.3, -0.25) is 9.59 Å². The van der Waals surface area contributed by atoms with Crippen molar-refractivity contribution in [1.82, 2.24) is 0 Å². The number of hydrogen-bond donors (Lipinski definition) is 0. The Morgan fingerprint density at radius 3 is 1.83 bits per heavy atom. The molecule has 0 aromatic heterocycles. The van der Waals surface area contributed by atoms with E-state index in [1.54, 1.807) is 13.8 Å². The van der Waals surface area contributed by atoms with Gasteiger partial charge in [0.2, 0.25) is 0 Å². The van der Waals surface area contributed by atoms with Crippen LogP contribution in [-0.2, 0) is 24.5 Å². The molecule has 1 aliphatic rings. The van der Waals surface area contributed by atoms with Crippen molar-refractivity contribution in [3.63, 3.8) is 0 Å². The fourth-order valence-corrected chi connectivity index (χ4v) is 3.23. The average Bonchev–Trinajstić information content (AvgIpc) is 2.46. The van der Waals surface area contributed by atoms with Crippen LogP contribution in [-0.4, -0.2) is 25.2 Å². The van der Waals surface area contributed by atoms with Crippen molar-refractivity contribution in [3.05, 3.63) is 35.4 Å². The normalized spacial score (nSPS) is 17.0. The molecule has 0 N–H and O–H groups in total. The molecular weight excluding hydrogens is 304 g/mol. The summed E-state index contributed by atoms with van der Waals surface area (Å²) in [5.74, 6) is -0.718. The maximum absolute atomic E-state index is 12.3. The van der Waals surface area contributed by atoms with E-state index in [1.807, 2.05) is 0 Å². The van der Waals surface area contributed by atoms with Crippen molar-refractivity contribution in [2.75, 3.05) is 13.2 Å². The van der Waals surface area contributed by atoms with Crippen LogP contribution in [0.1, 0.15) is 64.5 Å². The average molecular weight is 332 g/mol. The van der Waals surface area contributed by atoms with Crippen molar-refractivity contribution in [3.8, 4) is 0 Å². The highest BCUT2D eigenvalue weighted by molar-refractivity contribution is 6.01. The second-order valence-electron chi connectivity index (χ2n) is 7.50. The Bertz CT molecular complexity index is 569. The fraction of sp³-hybridized carbons (Fsp3) is 0.600. The van der Waals surface area contributed by atoms with Gasteiger partial charge in [0.05, 0.1) is 13.2 Å². The highest BCUT2D eigenvalue weighted by Crippen LogP contribution is 2.52. The van der Waals surface area contributed by atoms with E-state index in [0.717, 1.165) is 5.56 Å². The number of benzene rings is 1. The van der Waals surface area contributed by atoms with Crippen molar-refractivity contribution in [2.45, 2.75) is 58.8 Å². The van der Waals surface area contributed by atoms with Crippen LogP contribution in [0.3, 0.4) is 0 Å². The van der Waals surface area contributed by atoms with E-state index in [-0.39, 0.29) is 24.5 Å². The smallest absolute Gasteiger partial charge is 0.323 e. The monoisotopic (exact) mass is 332 g/mol. The molecule has 1 aromatic carbocycles. The summed E-state index contributed by atoms with van der Waals surface area (Å²) in [6.07, 6.45) is 0.916. The first-order valence-electron chi connectivity index (χ1n) is 8.69. The van der Waals surface area contributed by atoms with E-state index in [4.69, 9.17) is 9.47 Å². The number of rotatable bonds is 5. The van der Waals surface area contributed by atoms with Crippen LogP contribution < -0.4 is 0 Å². The molecule has 1 saturated carbocycles. The van der Waals surface area contributed by atoms with Crippen LogP contribution in [0.5, 0.6) is 0 Å². The van der Waals surface area contributed by atoms with Gasteiger partial charge in [0.25, 0.3) is 0 Å². The Hall–Kier alpha value is -1.84. The highest BCUT2D eigenvalue weighted by Gasteiger charge is 2.58. The molecule has 0 atom stereocenters. The second kappa shape index (κ2) is 6.96. The molecular formula is C20H28O4. The summed E-state index contributed by atoms with van der Waals surface area (Å²) in [5.41, 5.74) is 1.41. The predicted octanol–water partition coefficient (Wildman–Crippen LogP) is 3.97. The minimum absolute atomic E-state index is 0.109. The van der Waals surface area contributed by atoms with Gasteiger partial charge in [0.15, 0.2) is 5.41 Å². The summed E-state index contributed by atoms with van der Waals surface area (Å²) >= 11 is 0. The zero-order valence-electron chi connectivity index (χ0n) is 15.3. The van der Waals surface area contributed by atoms with Crippen molar-refractivity contribution in [1.29, 1.82) is 0 Å². The summed E-state index contributed by atoms with van der Waals surface area (Å²) in [4.78, 5) is 24.6. The molecule has 0 saturated heterocycles. The van der Waals surface area contributed by atoms with E-state index in [1.165, 1.54) is 5.56 Å². The van der Waals surface area contributed by atoms with Gasteiger partial charge in [-0.15, -0.1) is 0 Å². The zero-order chi connectivity index (χ0) is 18.0. The first-order chi connectivity index (χ1) is 11.2. The number of carbonyl (C=O) groups is 2. The Balaban J connectivity index is 2.14. The van der Waals surface area contributed by atoms with E-state index in [0.29, 0.717) is 12.8 Å². The molecule has 4 nitrogen and oxygen atoms in total. The molecule has 0 amide bonds. The second-order valence-corrected chi connectivity index (χ2v) is 7.50. The van der Waals surface area contributed by atoms with Crippen molar-refractivity contribution < 1.29 is 19.1 Å². The third-order valence-corrected chi connectivity index (χ3v) is 4.77. The topological polar surface area (TPSA) is 52.6 Å². The summed E-state index contributed by atoms with van der Waals surface area (Å²) < 4.78 is 10.2. The standard InChI is InChI=1S/C20H28O4/c1-6-23-17(21)20(18(22)24-7-2)12-15(13-20)14-8-10-16(11-9-14)19(3,4)5/h8-11,15H,6-7,12-13H2,1-5H3. The van der Waals surface area contributed by atoms with Crippen LogP contribution in [0.25, 0.3) is 0 Å². The first kappa shape index (κ1) is 18.5. The zero-order valence-corrected chi connectivity index (χ0v) is 15.3. The summed E-state index contributed by atoms with van der Waals surface area (Å²) in [7, 11) is 0. The maximum atomic E-state index is 12.3. The Labute approximate surface area is 144 Å². The Kier molecular flexibility index (Phi) is 5.36. The lowest BCUT2D eigenvalue weighted by molar-refractivity contribution is -0.180. The number of esters is 2. The number of carbonyl (C=O) groups excluding carboxylic acids is 2. The van der Waals surface area contributed by atoms with Crippen LogP contribution in [0.15, 0.2) is 24.3 Å². The highest BCUT2D eigenvalue weighted by atomic mass is 16.6. The van der Waals surface area contributed by atoms with E-state index in [2.05, 4.69) is 45.0 Å². The third-order valence-electron chi connectivity index (χ3n) is 4.77. The molecule has 1 aliphatic carbocycles. The van der Waals surface area contributed by atoms with Crippen LogP contribution in [0, 0.1) is 5.41 Å². The molecule has 4 heteroatoms. The molecule has 0 spiro atoms. The minimum Gasteiger partial charge on any atom is -0.465 e. The van der Waals surface area contributed by atoms with E-state index >= 15 is 0 Å². The molecule has 2 rings (SSSR count). The van der Waals surface area contributed by atoms with Crippen molar-refractivity contribution in [2.24, 2.45) is 5.41 Å². The van der Waals surface area contributed by atoms with Gasteiger partial charge in [-0.25, -0.2) is 0 Å². The molecule has 0 unspecified atom stereocenters. The lowest BCUT2D eigenvalue weighted by Gasteiger charge is -2.43. The Morgan fingerprint density at radius 1 is 1.00 bits per heavy atom. The van der Waals surface area contributed by atoms with E-state index in [9.17, 15) is 9.59 Å². The largest absolute Gasteiger partial charge is 0.465 e. The van der Waals surface area contributed by atoms with Gasteiger partial charge in [0, 0.05) is 0 Å². The summed E-state index contributed by atoms with van der Waals surface area (Å²) in [5, 5.41) is 0. The van der Waals surface area contributed by atoms with Gasteiger partial charge in [-0.05, 0) is 49.1 Å². The predicted molar refractivity (Wildman–Crippen MR) is 92.8 cm³/mol. The molecule has 1 aromatic rings. The molecule has 1 fully saturated rings. The maximum Gasteiger partial charge on any atom is 0.323 e. The molecule has 24 heavy (non-hydrogen) atoms. The number of ether oxygens (including phenoxy) is 2. The molecule has 0 bridgehead atoms. The van der Waals surface area contributed by atoms with Crippen LogP contribution >= 0.6 is 0 Å². The van der Waals surface area contributed by atoms with E-state index < -0.39 is 17.4 Å². The quantitative estimate of drug-likeness (QED) is 0.605. The number of hydrogen-bond acceptors (Lipinski definition) is 4. The third kappa shape index (κ3) is 3.47. The van der Waals surface area contributed by atoms with Crippen molar-refractivity contribution >= 4 is 11.9 Å². The SMILES string of the molecule is CCOC(=O)C1(C(=O)OCC)CC(c2ccc(C(C)(C)C)cc2)C1. The minimum atomic E-state index is -1.13. The summed E-state index contributed by atoms with van der Waals surface area (Å²) in [6.45, 7) is 10.6. The van der Waals surface area contributed by atoms with Gasteiger partial charge >= 0.3 is 11.9 Å². The first-order valence-corrected chi connectivity index (χ1v) is 8.69. The van der Waals surface area contributed by atoms with Gasteiger partial charge in [-0.1, -0.05) is 45.0 Å². The molecule has 0 aliphatic heterocycles. The Morgan fingerprint density at radius 2 is 1.46 bits per heavy atom. The molecule has 132 valence electrons. The lowest BCUT2D eigenvalue weighted by atomic mass is 9.59.